The van der Waals surface area contributed by atoms with Gasteiger partial charge in [0.15, 0.2) is 0 Å². The van der Waals surface area contributed by atoms with E-state index in [2.05, 4.69) is 56.7 Å². The molecule has 0 fully saturated rings. The van der Waals surface area contributed by atoms with Crippen molar-refractivity contribution < 1.29 is 4.90 Å². The van der Waals surface area contributed by atoms with Crippen molar-refractivity contribution in [3.8, 4) is 16.9 Å². The van der Waals surface area contributed by atoms with Crippen LogP contribution in [0.1, 0.15) is 5.56 Å². The molecule has 1 N–H and O–H groups in total. The third-order valence-electron chi connectivity index (χ3n) is 3.40. The largest absolute Gasteiger partial charge is 0.336 e. The van der Waals surface area contributed by atoms with Crippen molar-refractivity contribution in [1.29, 1.82) is 0 Å². The van der Waals surface area contributed by atoms with Gasteiger partial charge in [0.1, 0.15) is 12.2 Å². The van der Waals surface area contributed by atoms with Crippen molar-refractivity contribution >= 4 is 0 Å². The molecule has 0 atom stereocenters. The quantitative estimate of drug-likeness (QED) is 0.776. The Morgan fingerprint density at radius 3 is 2.14 bits per heavy atom. The van der Waals surface area contributed by atoms with Gasteiger partial charge in [0.25, 0.3) is 0 Å². The molecule has 3 rings (SSSR count). The monoisotopic (exact) mass is 278 g/mol. The fourth-order valence-electron chi connectivity index (χ4n) is 2.47. The van der Waals surface area contributed by atoms with E-state index in [1.807, 2.05) is 28.9 Å². The lowest BCUT2D eigenvalue weighted by Gasteiger charge is -2.06. The van der Waals surface area contributed by atoms with Crippen LogP contribution in [0.15, 0.2) is 66.9 Å². The average molecular weight is 278 g/mol. The summed E-state index contributed by atoms with van der Waals surface area (Å²) in [5, 5.41) is 4.81. The second-order valence-electron chi connectivity index (χ2n) is 5.53. The number of nitrogens with one attached hydrogen (secondary N) is 1. The summed E-state index contributed by atoms with van der Waals surface area (Å²) < 4.78 is 1.97. The lowest BCUT2D eigenvalue weighted by Crippen LogP contribution is -3.04. The summed E-state index contributed by atoms with van der Waals surface area (Å²) in [5.74, 6) is 0. The van der Waals surface area contributed by atoms with Crippen LogP contribution in [0.4, 0.5) is 0 Å². The maximum absolute atomic E-state index is 4.81. The van der Waals surface area contributed by atoms with E-state index >= 15 is 0 Å². The Morgan fingerprint density at radius 2 is 1.52 bits per heavy atom. The molecule has 0 saturated heterocycles. The van der Waals surface area contributed by atoms with E-state index in [9.17, 15) is 0 Å². The highest BCUT2D eigenvalue weighted by atomic mass is 15.3. The Kier molecular flexibility index (Phi) is 3.84. The van der Waals surface area contributed by atoms with Crippen molar-refractivity contribution in [2.24, 2.45) is 0 Å². The van der Waals surface area contributed by atoms with Gasteiger partial charge in [-0.05, 0) is 12.1 Å². The molecule has 3 aromatic rings. The molecule has 0 radical (unpaired) electrons. The summed E-state index contributed by atoms with van der Waals surface area (Å²) in [6.07, 6.45) is 2.14. The Morgan fingerprint density at radius 1 is 0.905 bits per heavy atom. The van der Waals surface area contributed by atoms with E-state index in [-0.39, 0.29) is 0 Å². The standard InChI is InChI=1S/C18H19N3/c1-20(2)13-16-14-21(17-11-7-4-8-12-17)19-18(16)15-9-5-3-6-10-15/h3-12,14H,13H2,1-2H3/p+1. The lowest BCUT2D eigenvalue weighted by atomic mass is 10.1. The minimum atomic E-state index is 0.955. The molecule has 0 aliphatic carbocycles. The van der Waals surface area contributed by atoms with Gasteiger partial charge < -0.3 is 4.90 Å². The third kappa shape index (κ3) is 3.03. The summed E-state index contributed by atoms with van der Waals surface area (Å²) in [5.41, 5.74) is 4.60. The Bertz CT molecular complexity index is 700. The second-order valence-corrected chi connectivity index (χ2v) is 5.53. The molecule has 0 bridgehead atoms. The molecule has 0 aliphatic heterocycles. The van der Waals surface area contributed by atoms with Gasteiger partial charge >= 0.3 is 0 Å². The predicted octanol–water partition coefficient (Wildman–Crippen LogP) is 2.18. The fourth-order valence-corrected chi connectivity index (χ4v) is 2.47. The van der Waals surface area contributed by atoms with Crippen LogP contribution in [0, 0.1) is 0 Å². The molecule has 0 saturated carbocycles. The van der Waals surface area contributed by atoms with Crippen molar-refractivity contribution in [2.45, 2.75) is 6.54 Å². The van der Waals surface area contributed by atoms with Crippen molar-refractivity contribution in [3.63, 3.8) is 0 Å². The minimum Gasteiger partial charge on any atom is -0.336 e. The maximum Gasteiger partial charge on any atom is 0.106 e. The first-order valence-electron chi connectivity index (χ1n) is 7.22. The van der Waals surface area contributed by atoms with Gasteiger partial charge in [0, 0.05) is 11.8 Å². The number of benzene rings is 2. The molecular formula is C18H20N3+. The lowest BCUT2D eigenvalue weighted by molar-refractivity contribution is -0.872. The highest BCUT2D eigenvalue weighted by Crippen LogP contribution is 2.22. The Hall–Kier alpha value is -2.39. The SMILES string of the molecule is C[NH+](C)Cc1cn(-c2ccccc2)nc1-c1ccccc1. The third-order valence-corrected chi connectivity index (χ3v) is 3.40. The summed E-state index contributed by atoms with van der Waals surface area (Å²) in [6, 6.07) is 20.6. The highest BCUT2D eigenvalue weighted by Gasteiger charge is 2.14. The zero-order chi connectivity index (χ0) is 14.7. The van der Waals surface area contributed by atoms with Crippen LogP contribution in [0.5, 0.6) is 0 Å². The average Bonchev–Trinajstić information content (AvgIpc) is 2.92. The van der Waals surface area contributed by atoms with Gasteiger partial charge in [-0.1, -0.05) is 48.5 Å². The van der Waals surface area contributed by atoms with Gasteiger partial charge in [-0.2, -0.15) is 5.10 Å². The van der Waals surface area contributed by atoms with Gasteiger partial charge in [0.05, 0.1) is 25.3 Å². The van der Waals surface area contributed by atoms with Crippen LogP contribution < -0.4 is 4.90 Å². The summed E-state index contributed by atoms with van der Waals surface area (Å²) in [7, 11) is 4.32. The number of para-hydroxylation sites is 1. The normalized spacial score (nSPS) is 11.0. The van der Waals surface area contributed by atoms with Crippen molar-refractivity contribution in [1.82, 2.24) is 9.78 Å². The van der Waals surface area contributed by atoms with Crippen LogP contribution in [0.25, 0.3) is 16.9 Å². The van der Waals surface area contributed by atoms with E-state index in [1.165, 1.54) is 16.0 Å². The van der Waals surface area contributed by atoms with Crippen LogP contribution in [-0.2, 0) is 6.54 Å². The fraction of sp³-hybridized carbons (Fsp3) is 0.167. The van der Waals surface area contributed by atoms with E-state index in [0.29, 0.717) is 0 Å². The minimum absolute atomic E-state index is 0.955. The first-order valence-corrected chi connectivity index (χ1v) is 7.22. The molecule has 0 unspecified atom stereocenters. The molecule has 21 heavy (non-hydrogen) atoms. The number of aromatic nitrogens is 2. The zero-order valence-corrected chi connectivity index (χ0v) is 12.5. The van der Waals surface area contributed by atoms with Gasteiger partial charge in [-0.3, -0.25) is 0 Å². The van der Waals surface area contributed by atoms with E-state index in [0.717, 1.165) is 17.9 Å². The van der Waals surface area contributed by atoms with Gasteiger partial charge in [0.2, 0.25) is 0 Å². The molecule has 0 aliphatic rings. The van der Waals surface area contributed by atoms with Crippen LogP contribution in [0.3, 0.4) is 0 Å². The molecule has 1 heterocycles. The van der Waals surface area contributed by atoms with Crippen molar-refractivity contribution in [3.05, 3.63) is 72.4 Å². The maximum atomic E-state index is 4.81. The zero-order valence-electron chi connectivity index (χ0n) is 12.5. The smallest absolute Gasteiger partial charge is 0.106 e. The number of rotatable bonds is 4. The Labute approximate surface area is 125 Å². The summed E-state index contributed by atoms with van der Waals surface area (Å²) in [4.78, 5) is 1.39. The topological polar surface area (TPSA) is 22.3 Å². The van der Waals surface area contributed by atoms with Crippen LogP contribution >= 0.6 is 0 Å². The number of hydrogen-bond acceptors (Lipinski definition) is 1. The van der Waals surface area contributed by atoms with Crippen LogP contribution in [0.2, 0.25) is 0 Å². The number of quaternary nitrogens is 1. The summed E-state index contributed by atoms with van der Waals surface area (Å²) in [6.45, 7) is 0.955. The number of nitrogens with zero attached hydrogens (tertiary/aromatic N) is 2. The molecule has 0 spiro atoms. The molecule has 2 aromatic carbocycles. The first-order chi connectivity index (χ1) is 10.2. The number of hydrogen-bond donors (Lipinski definition) is 1. The molecule has 3 heteroatoms. The first kappa shape index (κ1) is 13.6. The van der Waals surface area contributed by atoms with E-state index in [1.54, 1.807) is 0 Å². The molecule has 106 valence electrons. The van der Waals surface area contributed by atoms with Gasteiger partial charge in [-0.25, -0.2) is 4.68 Å². The van der Waals surface area contributed by atoms with Crippen molar-refractivity contribution in [2.75, 3.05) is 14.1 Å². The second kappa shape index (κ2) is 5.94. The predicted molar refractivity (Wildman–Crippen MR) is 85.5 cm³/mol. The highest BCUT2D eigenvalue weighted by molar-refractivity contribution is 5.62. The van der Waals surface area contributed by atoms with E-state index < -0.39 is 0 Å². The Balaban J connectivity index is 2.07. The molecule has 0 amide bonds. The molecule has 1 aromatic heterocycles. The molecular weight excluding hydrogens is 258 g/mol. The van der Waals surface area contributed by atoms with Crippen LogP contribution in [-0.4, -0.2) is 23.9 Å². The van der Waals surface area contributed by atoms with E-state index in [4.69, 9.17) is 5.10 Å². The van der Waals surface area contributed by atoms with Gasteiger partial charge in [-0.15, -0.1) is 0 Å². The summed E-state index contributed by atoms with van der Waals surface area (Å²) >= 11 is 0. The molecule has 3 nitrogen and oxygen atoms in total.